The van der Waals surface area contributed by atoms with E-state index in [0.717, 1.165) is 19.3 Å². The van der Waals surface area contributed by atoms with Gasteiger partial charge >= 0.3 is 42.6 Å². The first-order valence-electron chi connectivity index (χ1n) is 18.9. The molecule has 59 heavy (non-hydrogen) atoms. The molecule has 0 radical (unpaired) electrons. The maximum absolute atomic E-state index is 12.8. The van der Waals surface area contributed by atoms with Gasteiger partial charge in [-0.15, -0.1) is 0 Å². The van der Waals surface area contributed by atoms with Crippen molar-refractivity contribution in [3.8, 4) is 0 Å². The monoisotopic (exact) mass is 890 g/mol. The minimum absolute atomic E-state index is 0.0915. The van der Waals surface area contributed by atoms with Crippen molar-refractivity contribution in [2.75, 3.05) is 20.3 Å². The average Bonchev–Trinajstić information content (AvgIpc) is 3.72. The molecule has 2 bridgehead atoms. The molecule has 2 aliphatic rings. The van der Waals surface area contributed by atoms with Crippen LogP contribution in [0.2, 0.25) is 0 Å². The van der Waals surface area contributed by atoms with Gasteiger partial charge in [-0.05, 0) is 118 Å². The van der Waals surface area contributed by atoms with E-state index < -0.39 is 70.6 Å². The van der Waals surface area contributed by atoms with E-state index >= 15 is 0 Å². The van der Waals surface area contributed by atoms with Gasteiger partial charge in [-0.3, -0.25) is 14.4 Å². The molecular formula is C38H62F12O9. The Morgan fingerprint density at radius 3 is 1.25 bits per heavy atom. The van der Waals surface area contributed by atoms with Crippen molar-refractivity contribution in [2.45, 2.75) is 169 Å². The van der Waals surface area contributed by atoms with Crippen LogP contribution >= 0.6 is 0 Å². The van der Waals surface area contributed by atoms with Gasteiger partial charge in [-0.1, -0.05) is 27.2 Å². The second kappa shape index (κ2) is 21.0. The van der Waals surface area contributed by atoms with Crippen molar-refractivity contribution in [3.63, 3.8) is 0 Å². The van der Waals surface area contributed by atoms with Crippen molar-refractivity contribution in [2.24, 2.45) is 34.0 Å². The van der Waals surface area contributed by atoms with Crippen LogP contribution in [0.1, 0.15) is 128 Å². The summed E-state index contributed by atoms with van der Waals surface area (Å²) >= 11 is 0. The Morgan fingerprint density at radius 1 is 0.593 bits per heavy atom. The molecule has 2 aliphatic carbocycles. The predicted octanol–water partition coefficient (Wildman–Crippen LogP) is 9.82. The molecule has 2 fully saturated rings. The average molecular weight is 891 g/mol. The van der Waals surface area contributed by atoms with Crippen LogP contribution in [0, 0.1) is 34.0 Å². The molecule has 3 atom stereocenters. The summed E-state index contributed by atoms with van der Waals surface area (Å²) in [5.74, 6) is -2.16. The van der Waals surface area contributed by atoms with Crippen LogP contribution in [0.4, 0.5) is 52.7 Å². The number of rotatable bonds is 12. The third kappa shape index (κ3) is 15.1. The van der Waals surface area contributed by atoms with Gasteiger partial charge < -0.3 is 29.5 Å². The zero-order valence-electron chi connectivity index (χ0n) is 35.6. The lowest BCUT2D eigenvalue weighted by atomic mass is 9.79. The Kier molecular flexibility index (Phi) is 20.9. The summed E-state index contributed by atoms with van der Waals surface area (Å²) in [6, 6.07) is 0. The van der Waals surface area contributed by atoms with E-state index in [2.05, 4.69) is 9.47 Å². The molecule has 352 valence electrons. The zero-order chi connectivity index (χ0) is 47.7. The van der Waals surface area contributed by atoms with E-state index in [1.807, 2.05) is 41.5 Å². The number of ether oxygens (including phenoxy) is 3. The summed E-state index contributed by atoms with van der Waals surface area (Å²) in [5, 5.41) is 26.8. The standard InChI is InChI=1S/C12H18F6O3.C11H14F6O.C8H16O3.C7H14O2/c1-6-8(2,3)7(19)21-9(4,5)10(20,11(13,14)15)12(16,17)18;12-10(13,14)9(18,11(15,16)17)5-8-4-6-1-2-7(8)3-6;1-4-8(2,3)7(10)11-6-5-9;1-5-7(2,3)6(8)9-4/h20H,6H2,1-5H3;6-8,18H,1-5H2;9H,4-6H2,1-3H3;5H2,1-4H3. The normalized spacial score (nSPS) is 19.3. The number of alkyl halides is 12. The lowest BCUT2D eigenvalue weighted by molar-refractivity contribution is -0.408. The van der Waals surface area contributed by atoms with E-state index in [4.69, 9.17) is 14.9 Å². The van der Waals surface area contributed by atoms with E-state index in [1.54, 1.807) is 0 Å². The molecule has 3 N–H and O–H groups in total. The molecule has 0 spiro atoms. The molecule has 21 heteroatoms. The highest BCUT2D eigenvalue weighted by Gasteiger charge is 2.79. The summed E-state index contributed by atoms with van der Waals surface area (Å²) < 4.78 is 165. The number of hydrogen-bond donors (Lipinski definition) is 3. The molecule has 9 nitrogen and oxygen atoms in total. The Hall–Kier alpha value is -2.55. The van der Waals surface area contributed by atoms with E-state index in [-0.39, 0.29) is 48.8 Å². The molecule has 0 aromatic rings. The van der Waals surface area contributed by atoms with E-state index in [1.165, 1.54) is 27.9 Å². The molecular weight excluding hydrogens is 828 g/mol. The quantitative estimate of drug-likeness (QED) is 0.0993. The minimum Gasteiger partial charge on any atom is -0.469 e. The fourth-order valence-electron chi connectivity index (χ4n) is 5.73. The number of methoxy groups -OCH3 is 1. The van der Waals surface area contributed by atoms with Crippen LogP contribution in [0.25, 0.3) is 0 Å². The summed E-state index contributed by atoms with van der Waals surface area (Å²) in [5.41, 5.74) is -15.0. The molecule has 0 aromatic heterocycles. The molecule has 0 amide bonds. The van der Waals surface area contributed by atoms with Crippen molar-refractivity contribution < 1.29 is 96.6 Å². The fourth-order valence-corrected chi connectivity index (χ4v) is 5.73. The third-order valence-electron chi connectivity index (χ3n) is 11.2. The number of carbonyl (C=O) groups excluding carboxylic acids is 3. The molecule has 3 unspecified atom stereocenters. The maximum atomic E-state index is 12.8. The van der Waals surface area contributed by atoms with E-state index in [0.29, 0.717) is 33.1 Å². The number of aliphatic hydroxyl groups excluding tert-OH is 1. The largest absolute Gasteiger partial charge is 0.469 e. The number of esters is 3. The van der Waals surface area contributed by atoms with Gasteiger partial charge in [0.15, 0.2) is 5.60 Å². The second-order valence-electron chi connectivity index (χ2n) is 17.2. The molecule has 0 heterocycles. The van der Waals surface area contributed by atoms with Gasteiger partial charge in [0.05, 0.1) is 30.0 Å². The highest BCUT2D eigenvalue weighted by atomic mass is 19.4. The number of carbonyl (C=O) groups is 3. The molecule has 2 saturated carbocycles. The Labute approximate surface area is 337 Å². The highest BCUT2D eigenvalue weighted by molar-refractivity contribution is 5.76. The van der Waals surface area contributed by atoms with Gasteiger partial charge in [-0.2, -0.15) is 52.7 Å². The van der Waals surface area contributed by atoms with Crippen LogP contribution in [0.5, 0.6) is 0 Å². The van der Waals surface area contributed by atoms with Crippen LogP contribution in [-0.4, -0.2) is 95.1 Å². The third-order valence-corrected chi connectivity index (χ3v) is 11.2. The van der Waals surface area contributed by atoms with Gasteiger partial charge in [0.2, 0.25) is 0 Å². The maximum Gasteiger partial charge on any atom is 0.430 e. The molecule has 0 saturated heterocycles. The first kappa shape index (κ1) is 58.5. The Balaban J connectivity index is 0. The second-order valence-corrected chi connectivity index (χ2v) is 17.2. The Morgan fingerprint density at radius 2 is 0.983 bits per heavy atom. The van der Waals surface area contributed by atoms with Gasteiger partial charge in [0.25, 0.3) is 11.2 Å². The van der Waals surface area contributed by atoms with Gasteiger partial charge in [0, 0.05) is 0 Å². The lowest BCUT2D eigenvalue weighted by Gasteiger charge is -2.44. The summed E-state index contributed by atoms with van der Waals surface area (Å²) in [6.07, 6.45) is -20.4. The van der Waals surface area contributed by atoms with Crippen molar-refractivity contribution in [3.05, 3.63) is 0 Å². The smallest absolute Gasteiger partial charge is 0.430 e. The van der Waals surface area contributed by atoms with Crippen LogP contribution in [0.15, 0.2) is 0 Å². The van der Waals surface area contributed by atoms with Gasteiger partial charge in [-0.25, -0.2) is 0 Å². The number of aliphatic hydroxyl groups is 3. The minimum atomic E-state index is -6.06. The first-order valence-corrected chi connectivity index (χ1v) is 18.9. The molecule has 0 aromatic carbocycles. The Bertz CT molecular complexity index is 1310. The topological polar surface area (TPSA) is 140 Å². The van der Waals surface area contributed by atoms with Gasteiger partial charge in [0.1, 0.15) is 6.61 Å². The number of fused-ring (bicyclic) bond motifs is 2. The van der Waals surface area contributed by atoms with Crippen molar-refractivity contribution in [1.82, 2.24) is 0 Å². The number of hydrogen-bond acceptors (Lipinski definition) is 9. The van der Waals surface area contributed by atoms with Crippen LogP contribution in [-0.2, 0) is 28.6 Å². The van der Waals surface area contributed by atoms with E-state index in [9.17, 15) is 72.2 Å². The predicted molar refractivity (Wildman–Crippen MR) is 190 cm³/mol. The zero-order valence-corrected chi connectivity index (χ0v) is 35.6. The SMILES string of the molecule is CCC(C)(C)C(=O)OC.CCC(C)(C)C(=O)OC(C)(C)C(O)(C(F)(F)F)C(F)(F)F.CCC(C)(C)C(=O)OCCO.OC(CC1CC2CCC1C2)(C(F)(F)F)C(F)(F)F. The summed E-state index contributed by atoms with van der Waals surface area (Å²) in [6.45, 7) is 16.2. The first-order chi connectivity index (χ1) is 26.1. The van der Waals surface area contributed by atoms with Crippen LogP contribution < -0.4 is 0 Å². The number of halogens is 12. The lowest BCUT2D eigenvalue weighted by Crippen LogP contribution is -2.70. The van der Waals surface area contributed by atoms with Crippen molar-refractivity contribution >= 4 is 17.9 Å². The summed E-state index contributed by atoms with van der Waals surface area (Å²) in [7, 11) is 1.42. The molecule has 2 rings (SSSR count). The molecule has 0 aliphatic heterocycles. The highest BCUT2D eigenvalue weighted by Crippen LogP contribution is 2.55. The summed E-state index contributed by atoms with van der Waals surface area (Å²) in [4.78, 5) is 33.7. The van der Waals surface area contributed by atoms with Crippen LogP contribution in [0.3, 0.4) is 0 Å². The van der Waals surface area contributed by atoms with Crippen molar-refractivity contribution in [1.29, 1.82) is 0 Å². The fraction of sp³-hybridized carbons (Fsp3) is 0.921.